The van der Waals surface area contributed by atoms with E-state index in [1.54, 1.807) is 12.3 Å². The van der Waals surface area contributed by atoms with Gasteiger partial charge in [0, 0.05) is 43.7 Å². The molecular weight excluding hydrogens is 426 g/mol. The summed E-state index contributed by atoms with van der Waals surface area (Å²) >= 11 is 0. The number of rotatable bonds is 7. The SMILES string of the molecule is C=Cc1cc(-c2c(C3CC3)nc(N3CCN(C(=O)CCO)C(C4CC4)C3)c(C#N)c2C)ccn1. The summed E-state index contributed by atoms with van der Waals surface area (Å²) in [5, 5.41) is 19.5. The molecule has 176 valence electrons. The van der Waals surface area contributed by atoms with Gasteiger partial charge in [-0.3, -0.25) is 9.78 Å². The van der Waals surface area contributed by atoms with Crippen LogP contribution in [0.15, 0.2) is 24.9 Å². The Bertz CT molecular complexity index is 1160. The minimum absolute atomic E-state index is 0.0217. The fraction of sp³-hybridized carbons (Fsp3) is 0.481. The van der Waals surface area contributed by atoms with Crippen molar-refractivity contribution in [2.45, 2.75) is 51.0 Å². The van der Waals surface area contributed by atoms with E-state index in [4.69, 9.17) is 4.98 Å². The van der Waals surface area contributed by atoms with Crippen LogP contribution in [0.3, 0.4) is 0 Å². The van der Waals surface area contributed by atoms with Crippen molar-refractivity contribution in [3.05, 3.63) is 47.4 Å². The maximum Gasteiger partial charge on any atom is 0.225 e. The van der Waals surface area contributed by atoms with Crippen molar-refractivity contribution >= 4 is 17.8 Å². The first-order chi connectivity index (χ1) is 16.5. The molecule has 5 rings (SSSR count). The Morgan fingerprint density at radius 3 is 2.76 bits per heavy atom. The number of nitrogens with zero attached hydrogens (tertiary/aromatic N) is 5. The quantitative estimate of drug-likeness (QED) is 0.682. The molecule has 3 fully saturated rings. The molecule has 1 amide bonds. The maximum atomic E-state index is 12.6. The van der Waals surface area contributed by atoms with Crippen molar-refractivity contribution in [2.24, 2.45) is 5.92 Å². The van der Waals surface area contributed by atoms with E-state index in [2.05, 4.69) is 22.5 Å². The van der Waals surface area contributed by atoms with Crippen LogP contribution in [0.2, 0.25) is 0 Å². The van der Waals surface area contributed by atoms with E-state index in [0.29, 0.717) is 37.0 Å². The highest BCUT2D eigenvalue weighted by molar-refractivity contribution is 5.79. The van der Waals surface area contributed by atoms with Crippen LogP contribution >= 0.6 is 0 Å². The van der Waals surface area contributed by atoms with Crippen LogP contribution in [0.5, 0.6) is 0 Å². The summed E-state index contributed by atoms with van der Waals surface area (Å²) in [5.41, 5.74) is 5.50. The van der Waals surface area contributed by atoms with Crippen LogP contribution in [0.25, 0.3) is 17.2 Å². The zero-order valence-corrected chi connectivity index (χ0v) is 19.7. The minimum atomic E-state index is -0.120. The van der Waals surface area contributed by atoms with Gasteiger partial charge in [-0.15, -0.1) is 0 Å². The molecular formula is C27H31N5O2. The number of hydrogen-bond acceptors (Lipinski definition) is 6. The van der Waals surface area contributed by atoms with Crippen LogP contribution in [0, 0.1) is 24.2 Å². The van der Waals surface area contributed by atoms with Gasteiger partial charge in [-0.1, -0.05) is 6.58 Å². The van der Waals surface area contributed by atoms with Crippen molar-refractivity contribution in [3.63, 3.8) is 0 Å². The number of amides is 1. The second kappa shape index (κ2) is 9.19. The van der Waals surface area contributed by atoms with Crippen LogP contribution in [-0.2, 0) is 4.79 Å². The fourth-order valence-electron chi connectivity index (χ4n) is 5.24. The molecule has 34 heavy (non-hydrogen) atoms. The lowest BCUT2D eigenvalue weighted by atomic mass is 9.93. The number of carbonyl (C=O) groups is 1. The molecule has 3 heterocycles. The van der Waals surface area contributed by atoms with Crippen LogP contribution in [0.4, 0.5) is 5.82 Å². The van der Waals surface area contributed by atoms with Gasteiger partial charge < -0.3 is 14.9 Å². The second-order valence-corrected chi connectivity index (χ2v) is 9.67. The molecule has 1 N–H and O–H groups in total. The summed E-state index contributed by atoms with van der Waals surface area (Å²) in [5.74, 6) is 1.68. The standard InChI is InChI=1S/C27H31N5O2/c1-3-21-14-20(8-10-29-21)25-17(2)22(15-28)27(30-26(25)19-6-7-19)31-11-12-32(24(34)9-13-33)23(16-31)18-4-5-18/h3,8,10,14,18-19,23,33H,1,4-7,9,11-13,16H2,2H3. The average molecular weight is 458 g/mol. The van der Waals surface area contributed by atoms with Crippen molar-refractivity contribution in [2.75, 3.05) is 31.1 Å². The fourth-order valence-corrected chi connectivity index (χ4v) is 5.24. The average Bonchev–Trinajstić information content (AvgIpc) is 3.77. The minimum Gasteiger partial charge on any atom is -0.396 e. The van der Waals surface area contributed by atoms with E-state index in [1.807, 2.05) is 24.0 Å². The van der Waals surface area contributed by atoms with Crippen molar-refractivity contribution in [1.82, 2.24) is 14.9 Å². The van der Waals surface area contributed by atoms with Gasteiger partial charge in [0.25, 0.3) is 0 Å². The third kappa shape index (κ3) is 4.19. The normalized spacial score (nSPS) is 20.2. The molecule has 7 heteroatoms. The number of hydrogen-bond donors (Lipinski definition) is 1. The van der Waals surface area contributed by atoms with Gasteiger partial charge in [0.15, 0.2) is 0 Å². The summed E-state index contributed by atoms with van der Waals surface area (Å²) in [4.78, 5) is 26.3. The summed E-state index contributed by atoms with van der Waals surface area (Å²) < 4.78 is 0. The number of piperazine rings is 1. The molecule has 0 bridgehead atoms. The number of aliphatic hydroxyl groups excluding tert-OH is 1. The Kier molecular flexibility index (Phi) is 6.09. The molecule has 1 unspecified atom stereocenters. The van der Waals surface area contributed by atoms with Gasteiger partial charge in [0.05, 0.1) is 29.6 Å². The number of nitriles is 1. The lowest BCUT2D eigenvalue weighted by Gasteiger charge is -2.43. The molecule has 1 aliphatic heterocycles. The van der Waals surface area contributed by atoms with E-state index in [0.717, 1.165) is 59.6 Å². The number of aliphatic hydroxyl groups is 1. The zero-order chi connectivity index (χ0) is 23.8. The molecule has 0 radical (unpaired) electrons. The molecule has 2 aromatic heterocycles. The molecule has 2 aromatic rings. The lowest BCUT2D eigenvalue weighted by Crippen LogP contribution is -2.56. The summed E-state index contributed by atoms with van der Waals surface area (Å²) in [6.45, 7) is 7.67. The summed E-state index contributed by atoms with van der Waals surface area (Å²) in [6, 6.07) is 6.56. The molecule has 7 nitrogen and oxygen atoms in total. The highest BCUT2D eigenvalue weighted by atomic mass is 16.3. The van der Waals surface area contributed by atoms with Crippen LogP contribution in [-0.4, -0.2) is 58.2 Å². The van der Waals surface area contributed by atoms with Gasteiger partial charge >= 0.3 is 0 Å². The third-order valence-electron chi connectivity index (χ3n) is 7.34. The first kappa shape index (κ1) is 22.5. The Balaban J connectivity index is 1.54. The van der Waals surface area contributed by atoms with E-state index in [9.17, 15) is 15.2 Å². The summed E-state index contributed by atoms with van der Waals surface area (Å²) in [6.07, 6.45) is 8.15. The number of pyridine rings is 2. The molecule has 1 atom stereocenters. The lowest BCUT2D eigenvalue weighted by molar-refractivity contribution is -0.135. The van der Waals surface area contributed by atoms with Gasteiger partial charge in [0.1, 0.15) is 11.9 Å². The molecule has 3 aliphatic rings. The van der Waals surface area contributed by atoms with E-state index in [1.165, 1.54) is 0 Å². The van der Waals surface area contributed by atoms with Crippen LogP contribution in [0.1, 0.15) is 60.5 Å². The van der Waals surface area contributed by atoms with E-state index < -0.39 is 0 Å². The van der Waals surface area contributed by atoms with Gasteiger partial charge in [-0.05, 0) is 67.9 Å². The van der Waals surface area contributed by atoms with E-state index in [-0.39, 0.29) is 25.0 Å². The van der Waals surface area contributed by atoms with Crippen molar-refractivity contribution in [1.29, 1.82) is 5.26 Å². The third-order valence-corrected chi connectivity index (χ3v) is 7.34. The number of carbonyl (C=O) groups excluding carboxylic acids is 1. The number of aromatic nitrogens is 2. The van der Waals surface area contributed by atoms with Gasteiger partial charge in [0.2, 0.25) is 5.91 Å². The number of anilines is 1. The predicted molar refractivity (Wildman–Crippen MR) is 131 cm³/mol. The molecule has 1 saturated heterocycles. The largest absolute Gasteiger partial charge is 0.396 e. The van der Waals surface area contributed by atoms with Crippen molar-refractivity contribution in [3.8, 4) is 17.2 Å². The Hall–Kier alpha value is -3.24. The molecule has 2 aliphatic carbocycles. The second-order valence-electron chi connectivity index (χ2n) is 9.67. The maximum absolute atomic E-state index is 12.6. The Labute approximate surface area is 200 Å². The van der Waals surface area contributed by atoms with E-state index >= 15 is 0 Å². The molecule has 0 aromatic carbocycles. The highest BCUT2D eigenvalue weighted by Gasteiger charge is 2.42. The van der Waals surface area contributed by atoms with Crippen molar-refractivity contribution < 1.29 is 9.90 Å². The first-order valence-electron chi connectivity index (χ1n) is 12.2. The zero-order valence-electron chi connectivity index (χ0n) is 19.7. The Morgan fingerprint density at radius 2 is 2.12 bits per heavy atom. The molecule has 2 saturated carbocycles. The summed E-state index contributed by atoms with van der Waals surface area (Å²) in [7, 11) is 0. The topological polar surface area (TPSA) is 93.4 Å². The Morgan fingerprint density at radius 1 is 1.32 bits per heavy atom. The van der Waals surface area contributed by atoms with Gasteiger partial charge in [-0.25, -0.2) is 4.98 Å². The smallest absolute Gasteiger partial charge is 0.225 e. The highest BCUT2D eigenvalue weighted by Crippen LogP contribution is 2.47. The van der Waals surface area contributed by atoms with Gasteiger partial charge in [-0.2, -0.15) is 5.26 Å². The monoisotopic (exact) mass is 457 g/mol. The molecule has 0 spiro atoms. The first-order valence-corrected chi connectivity index (χ1v) is 12.2. The predicted octanol–water partition coefficient (Wildman–Crippen LogP) is 3.65. The van der Waals surface area contributed by atoms with Crippen LogP contribution < -0.4 is 4.90 Å².